The lowest BCUT2D eigenvalue weighted by molar-refractivity contribution is 0.0909. The molecule has 0 saturated heterocycles. The van der Waals surface area contributed by atoms with Crippen LogP contribution in [0.4, 0.5) is 0 Å². The fourth-order valence-corrected chi connectivity index (χ4v) is 1.08. The van der Waals surface area contributed by atoms with Gasteiger partial charge in [-0.3, -0.25) is 4.79 Å². The highest BCUT2D eigenvalue weighted by molar-refractivity contribution is 5.91. The van der Waals surface area contributed by atoms with Gasteiger partial charge in [0.1, 0.15) is 5.76 Å². The molecule has 0 radical (unpaired) electrons. The normalized spacial score (nSPS) is 11.6. The lowest BCUT2D eigenvalue weighted by Crippen LogP contribution is -2.31. The fourth-order valence-electron chi connectivity index (χ4n) is 1.08. The molecule has 16 heavy (non-hydrogen) atoms. The lowest BCUT2D eigenvalue weighted by atomic mass is 10.2. The van der Waals surface area contributed by atoms with Gasteiger partial charge in [0.2, 0.25) is 0 Å². The van der Waals surface area contributed by atoms with Crippen LogP contribution in [0.2, 0.25) is 0 Å². The molecule has 1 aromatic heterocycles. The Bertz CT molecular complexity index is 407. The van der Waals surface area contributed by atoms with E-state index in [1.165, 1.54) is 0 Å². The number of rotatable bonds is 5. The molecule has 6 heteroatoms. The van der Waals surface area contributed by atoms with Crippen LogP contribution in [0.25, 0.3) is 10.4 Å². The average molecular weight is 222 g/mol. The number of nitrogens with one attached hydrogen (secondary N) is 1. The summed E-state index contributed by atoms with van der Waals surface area (Å²) in [4.78, 5) is 14.2. The number of azide groups is 1. The number of hydrogen-bond acceptors (Lipinski definition) is 3. The van der Waals surface area contributed by atoms with Gasteiger partial charge in [-0.1, -0.05) is 12.0 Å². The van der Waals surface area contributed by atoms with Crippen LogP contribution in [0.3, 0.4) is 0 Å². The summed E-state index contributed by atoms with van der Waals surface area (Å²) in [5.41, 5.74) is 8.13. The van der Waals surface area contributed by atoms with E-state index in [9.17, 15) is 4.79 Å². The largest absolute Gasteiger partial charge is 0.456 e. The van der Waals surface area contributed by atoms with E-state index in [1.807, 2.05) is 13.8 Å². The molecule has 0 spiro atoms. The van der Waals surface area contributed by atoms with E-state index < -0.39 is 0 Å². The minimum Gasteiger partial charge on any atom is -0.456 e. The Morgan fingerprint density at radius 3 is 3.06 bits per heavy atom. The third-order valence-corrected chi connectivity index (χ3v) is 2.17. The molecule has 0 fully saturated rings. The van der Waals surface area contributed by atoms with Crippen molar-refractivity contribution in [2.24, 2.45) is 5.11 Å². The Kier molecular flexibility index (Phi) is 4.42. The summed E-state index contributed by atoms with van der Waals surface area (Å²) in [6.45, 7) is 4.02. The van der Waals surface area contributed by atoms with Gasteiger partial charge in [-0.15, -0.1) is 0 Å². The second kappa shape index (κ2) is 5.82. The minimum atomic E-state index is -0.249. The van der Waals surface area contributed by atoms with Gasteiger partial charge in [0.05, 0.1) is 6.54 Å². The first kappa shape index (κ1) is 12.1. The van der Waals surface area contributed by atoms with Crippen LogP contribution >= 0.6 is 0 Å². The molecule has 1 unspecified atom stereocenters. The first-order chi connectivity index (χ1) is 7.67. The topological polar surface area (TPSA) is 91.0 Å². The van der Waals surface area contributed by atoms with Crippen LogP contribution in [0.15, 0.2) is 21.7 Å². The van der Waals surface area contributed by atoms with Crippen LogP contribution in [0.1, 0.15) is 36.6 Å². The van der Waals surface area contributed by atoms with Crippen LogP contribution in [0, 0.1) is 0 Å². The lowest BCUT2D eigenvalue weighted by Gasteiger charge is -2.09. The number of hydrogen-bond donors (Lipinski definition) is 1. The van der Waals surface area contributed by atoms with E-state index in [2.05, 4.69) is 15.3 Å². The van der Waals surface area contributed by atoms with Gasteiger partial charge >= 0.3 is 0 Å². The molecule has 0 saturated carbocycles. The maximum Gasteiger partial charge on any atom is 0.287 e. The Morgan fingerprint density at radius 2 is 2.44 bits per heavy atom. The van der Waals surface area contributed by atoms with Crippen LogP contribution in [0.5, 0.6) is 0 Å². The first-order valence-electron chi connectivity index (χ1n) is 5.07. The van der Waals surface area contributed by atoms with E-state index >= 15 is 0 Å². The van der Waals surface area contributed by atoms with E-state index in [1.54, 1.807) is 12.1 Å². The molecule has 0 aliphatic heterocycles. The summed E-state index contributed by atoms with van der Waals surface area (Å²) in [7, 11) is 0. The highest BCUT2D eigenvalue weighted by Gasteiger charge is 2.12. The molecule has 1 amide bonds. The van der Waals surface area contributed by atoms with Gasteiger partial charge in [-0.05, 0) is 31.0 Å². The van der Waals surface area contributed by atoms with Gasteiger partial charge in [-0.25, -0.2) is 0 Å². The zero-order chi connectivity index (χ0) is 12.0. The molecule has 1 aromatic rings. The summed E-state index contributed by atoms with van der Waals surface area (Å²) >= 11 is 0. The molecule has 1 heterocycles. The third kappa shape index (κ3) is 3.33. The van der Waals surface area contributed by atoms with E-state index in [0.717, 1.165) is 6.42 Å². The summed E-state index contributed by atoms with van der Waals surface area (Å²) in [5, 5.41) is 6.13. The quantitative estimate of drug-likeness (QED) is 0.471. The molecule has 86 valence electrons. The van der Waals surface area contributed by atoms with E-state index in [4.69, 9.17) is 9.95 Å². The van der Waals surface area contributed by atoms with Crippen molar-refractivity contribution in [1.82, 2.24) is 5.32 Å². The number of nitrogens with zero attached hydrogens (tertiary/aromatic N) is 3. The van der Waals surface area contributed by atoms with Crippen LogP contribution in [-0.2, 0) is 6.54 Å². The Labute approximate surface area is 93.3 Å². The molecule has 0 aliphatic carbocycles. The predicted molar refractivity (Wildman–Crippen MR) is 58.8 cm³/mol. The highest BCUT2D eigenvalue weighted by Crippen LogP contribution is 2.09. The molecule has 0 aliphatic rings. The summed E-state index contributed by atoms with van der Waals surface area (Å²) < 4.78 is 5.22. The van der Waals surface area contributed by atoms with Crippen molar-refractivity contribution >= 4 is 5.91 Å². The molecular formula is C10H14N4O2. The number of amides is 1. The van der Waals surface area contributed by atoms with Crippen molar-refractivity contribution in [2.75, 3.05) is 0 Å². The predicted octanol–water partition coefficient (Wildman–Crippen LogP) is 2.62. The van der Waals surface area contributed by atoms with Crippen LogP contribution < -0.4 is 5.32 Å². The molecule has 0 aromatic carbocycles. The summed E-state index contributed by atoms with van der Waals surface area (Å²) in [5.74, 6) is 0.470. The van der Waals surface area contributed by atoms with E-state index in [-0.39, 0.29) is 24.3 Å². The fraction of sp³-hybridized carbons (Fsp3) is 0.500. The second-order valence-corrected chi connectivity index (χ2v) is 3.44. The van der Waals surface area contributed by atoms with Gasteiger partial charge < -0.3 is 9.73 Å². The molecule has 6 nitrogen and oxygen atoms in total. The monoisotopic (exact) mass is 222 g/mol. The minimum absolute atomic E-state index is 0.109. The van der Waals surface area contributed by atoms with Gasteiger partial charge in [0, 0.05) is 11.0 Å². The van der Waals surface area contributed by atoms with Gasteiger partial charge in [-0.2, -0.15) is 0 Å². The number of carbonyl (C=O) groups excluding carboxylic acids is 1. The maximum absolute atomic E-state index is 11.6. The van der Waals surface area contributed by atoms with Crippen LogP contribution in [-0.4, -0.2) is 11.9 Å². The molecule has 1 N–H and O–H groups in total. The standard InChI is InChI=1S/C10H14N4O2/c1-3-7(2)13-10(15)9-5-4-8(16-9)6-12-14-11/h4-5,7H,3,6H2,1-2H3,(H,13,15). The van der Waals surface area contributed by atoms with E-state index in [0.29, 0.717) is 5.76 Å². The third-order valence-electron chi connectivity index (χ3n) is 2.17. The SMILES string of the molecule is CCC(C)NC(=O)c1ccc(CN=[N+]=[N-])o1. The molecule has 0 bridgehead atoms. The summed E-state index contributed by atoms with van der Waals surface area (Å²) in [6, 6.07) is 3.30. The van der Waals surface area contributed by atoms with Crippen molar-refractivity contribution in [3.05, 3.63) is 34.1 Å². The van der Waals surface area contributed by atoms with Gasteiger partial charge in [0.15, 0.2) is 5.76 Å². The Balaban J connectivity index is 2.62. The smallest absolute Gasteiger partial charge is 0.287 e. The molecule has 1 rings (SSSR count). The van der Waals surface area contributed by atoms with Crippen molar-refractivity contribution in [1.29, 1.82) is 0 Å². The van der Waals surface area contributed by atoms with Crippen molar-refractivity contribution in [3.8, 4) is 0 Å². The van der Waals surface area contributed by atoms with Crippen molar-refractivity contribution in [3.63, 3.8) is 0 Å². The number of carbonyl (C=O) groups is 1. The second-order valence-electron chi connectivity index (χ2n) is 3.44. The van der Waals surface area contributed by atoms with Crippen molar-refractivity contribution < 1.29 is 9.21 Å². The van der Waals surface area contributed by atoms with Crippen molar-refractivity contribution in [2.45, 2.75) is 32.9 Å². The van der Waals surface area contributed by atoms with Gasteiger partial charge in [0.25, 0.3) is 5.91 Å². The molecule has 1 atom stereocenters. The average Bonchev–Trinajstić information content (AvgIpc) is 2.74. The molecular weight excluding hydrogens is 208 g/mol. The zero-order valence-electron chi connectivity index (χ0n) is 9.30. The Morgan fingerprint density at radius 1 is 1.69 bits per heavy atom. The highest BCUT2D eigenvalue weighted by atomic mass is 16.4. The summed E-state index contributed by atoms with van der Waals surface area (Å²) in [6.07, 6.45) is 0.859. The number of furan rings is 1. The zero-order valence-corrected chi connectivity index (χ0v) is 9.30. The first-order valence-corrected chi connectivity index (χ1v) is 5.07. The Hall–Kier alpha value is -1.94. The maximum atomic E-state index is 11.6.